The molecule has 0 saturated heterocycles. The summed E-state index contributed by atoms with van der Waals surface area (Å²) >= 11 is 0. The van der Waals surface area contributed by atoms with Crippen molar-refractivity contribution in [2.24, 2.45) is 5.92 Å². The second-order valence-electron chi connectivity index (χ2n) is 10.7. The van der Waals surface area contributed by atoms with Gasteiger partial charge in [-0.2, -0.15) is 5.10 Å². The molecule has 8 heteroatoms. The number of fused-ring (bicyclic) bond motifs is 2. The van der Waals surface area contributed by atoms with Gasteiger partial charge in [0.1, 0.15) is 6.33 Å². The van der Waals surface area contributed by atoms with Gasteiger partial charge in [0.2, 0.25) is 0 Å². The van der Waals surface area contributed by atoms with Gasteiger partial charge in [0.15, 0.2) is 11.4 Å². The quantitative estimate of drug-likeness (QED) is 0.398. The zero-order chi connectivity index (χ0) is 24.6. The van der Waals surface area contributed by atoms with Gasteiger partial charge in [0.05, 0.1) is 18.1 Å². The van der Waals surface area contributed by atoms with E-state index >= 15 is 0 Å². The molecule has 0 bridgehead atoms. The Morgan fingerprint density at radius 2 is 1.89 bits per heavy atom. The van der Waals surface area contributed by atoms with Gasteiger partial charge in [-0.15, -0.1) is 0 Å². The highest BCUT2D eigenvalue weighted by Gasteiger charge is 2.26. The van der Waals surface area contributed by atoms with Crippen molar-refractivity contribution in [1.82, 2.24) is 29.5 Å². The second-order valence-corrected chi connectivity index (χ2v) is 10.7. The molecule has 0 radical (unpaired) electrons. The molecular formula is C28H36N6O2. The van der Waals surface area contributed by atoms with Crippen LogP contribution in [0.3, 0.4) is 0 Å². The van der Waals surface area contributed by atoms with Crippen LogP contribution in [0.4, 0.5) is 0 Å². The first kappa shape index (κ1) is 23.3. The number of benzene rings is 1. The Labute approximate surface area is 211 Å². The number of hydrogen-bond acceptors (Lipinski definition) is 5. The number of rotatable bonds is 6. The van der Waals surface area contributed by atoms with E-state index in [0.29, 0.717) is 17.4 Å². The molecule has 0 amide bonds. The van der Waals surface area contributed by atoms with Gasteiger partial charge in [0.25, 0.3) is 0 Å². The molecule has 0 atom stereocenters. The fourth-order valence-corrected chi connectivity index (χ4v) is 6.41. The molecule has 8 nitrogen and oxygen atoms in total. The molecule has 190 valence electrons. The molecule has 6 rings (SSSR count). The SMILES string of the molecule is COc1cc(-c2cc3[nH]c(=O)n([C@H]4CC[C@@H](NCC5CCCCC5)CC4)c3cc2C)cn2ncnc12. The summed E-state index contributed by atoms with van der Waals surface area (Å²) in [5.74, 6) is 1.53. The van der Waals surface area contributed by atoms with Crippen molar-refractivity contribution in [3.63, 3.8) is 0 Å². The van der Waals surface area contributed by atoms with Crippen molar-refractivity contribution >= 4 is 16.7 Å². The molecule has 0 aliphatic heterocycles. The summed E-state index contributed by atoms with van der Waals surface area (Å²) in [6.07, 6.45) is 14.8. The average Bonchev–Trinajstić information content (AvgIpc) is 3.51. The van der Waals surface area contributed by atoms with Crippen LogP contribution in [0.25, 0.3) is 27.8 Å². The molecule has 36 heavy (non-hydrogen) atoms. The molecule has 2 aliphatic carbocycles. The summed E-state index contributed by atoms with van der Waals surface area (Å²) in [7, 11) is 1.64. The van der Waals surface area contributed by atoms with E-state index in [1.54, 1.807) is 11.6 Å². The van der Waals surface area contributed by atoms with Crippen LogP contribution >= 0.6 is 0 Å². The Balaban J connectivity index is 1.22. The van der Waals surface area contributed by atoms with Gasteiger partial charge < -0.3 is 15.0 Å². The van der Waals surface area contributed by atoms with Crippen LogP contribution in [0.5, 0.6) is 5.75 Å². The largest absolute Gasteiger partial charge is 0.493 e. The van der Waals surface area contributed by atoms with E-state index < -0.39 is 0 Å². The van der Waals surface area contributed by atoms with E-state index in [1.165, 1.54) is 38.4 Å². The smallest absolute Gasteiger partial charge is 0.326 e. The number of nitrogens with zero attached hydrogens (tertiary/aromatic N) is 4. The highest BCUT2D eigenvalue weighted by Crippen LogP contribution is 2.34. The number of ether oxygens (including phenoxy) is 1. The highest BCUT2D eigenvalue weighted by molar-refractivity contribution is 5.85. The standard InChI is InChI=1S/C28H36N6O2/c1-18-12-25-24(14-23(18)20-13-26(36-2)27-30-17-31-33(27)16-20)32-28(35)34(25)22-10-8-21(9-11-22)29-15-19-6-4-3-5-7-19/h12-14,16-17,19,21-22,29H,3-11,15H2,1-2H3,(H,32,35)/t21-,22+. The van der Waals surface area contributed by atoms with Gasteiger partial charge >= 0.3 is 5.69 Å². The van der Waals surface area contributed by atoms with Gasteiger partial charge in [0, 0.05) is 23.8 Å². The maximum Gasteiger partial charge on any atom is 0.326 e. The molecule has 2 saturated carbocycles. The number of aryl methyl sites for hydroxylation is 1. The molecule has 0 spiro atoms. The molecular weight excluding hydrogens is 452 g/mol. The predicted octanol–water partition coefficient (Wildman–Crippen LogP) is 5.01. The normalized spacial score (nSPS) is 21.4. The summed E-state index contributed by atoms with van der Waals surface area (Å²) in [5.41, 5.74) is 5.67. The fraction of sp³-hybridized carbons (Fsp3) is 0.536. The summed E-state index contributed by atoms with van der Waals surface area (Å²) < 4.78 is 9.28. The Morgan fingerprint density at radius 1 is 1.08 bits per heavy atom. The summed E-state index contributed by atoms with van der Waals surface area (Å²) in [6, 6.07) is 7.04. The lowest BCUT2D eigenvalue weighted by molar-refractivity contribution is 0.265. The van der Waals surface area contributed by atoms with Crippen molar-refractivity contribution in [2.45, 2.75) is 76.8 Å². The van der Waals surface area contributed by atoms with Crippen molar-refractivity contribution in [3.05, 3.63) is 46.8 Å². The lowest BCUT2D eigenvalue weighted by Gasteiger charge is -2.32. The number of imidazole rings is 1. The van der Waals surface area contributed by atoms with E-state index in [1.807, 2.05) is 16.8 Å². The average molecular weight is 489 g/mol. The maximum absolute atomic E-state index is 13.1. The number of nitrogens with one attached hydrogen (secondary N) is 2. The Hall–Kier alpha value is -3.13. The third kappa shape index (κ3) is 4.32. The summed E-state index contributed by atoms with van der Waals surface area (Å²) in [5, 5.41) is 8.14. The number of hydrogen-bond donors (Lipinski definition) is 2. The third-order valence-electron chi connectivity index (χ3n) is 8.42. The monoisotopic (exact) mass is 488 g/mol. The summed E-state index contributed by atoms with van der Waals surface area (Å²) in [6.45, 7) is 3.26. The van der Waals surface area contributed by atoms with Crippen molar-refractivity contribution in [2.75, 3.05) is 13.7 Å². The van der Waals surface area contributed by atoms with Crippen LogP contribution in [0.1, 0.15) is 69.4 Å². The van der Waals surface area contributed by atoms with Crippen LogP contribution < -0.4 is 15.7 Å². The van der Waals surface area contributed by atoms with Gasteiger partial charge in [-0.3, -0.25) is 4.57 Å². The van der Waals surface area contributed by atoms with Gasteiger partial charge in [-0.25, -0.2) is 14.3 Å². The molecule has 2 fully saturated rings. The zero-order valence-electron chi connectivity index (χ0n) is 21.3. The van der Waals surface area contributed by atoms with Crippen LogP contribution in [0, 0.1) is 12.8 Å². The first-order valence-electron chi connectivity index (χ1n) is 13.5. The van der Waals surface area contributed by atoms with Gasteiger partial charge in [-0.05, 0) is 87.2 Å². The minimum atomic E-state index is -0.00975. The van der Waals surface area contributed by atoms with Crippen LogP contribution in [-0.2, 0) is 0 Å². The number of methoxy groups -OCH3 is 1. The Kier molecular flexibility index (Phi) is 6.29. The third-order valence-corrected chi connectivity index (χ3v) is 8.42. The van der Waals surface area contributed by atoms with Crippen LogP contribution in [-0.4, -0.2) is 43.8 Å². The van der Waals surface area contributed by atoms with Gasteiger partial charge in [-0.1, -0.05) is 19.3 Å². The van der Waals surface area contributed by atoms with E-state index in [0.717, 1.165) is 65.9 Å². The first-order chi connectivity index (χ1) is 17.6. The number of aromatic amines is 1. The predicted molar refractivity (Wildman–Crippen MR) is 142 cm³/mol. The van der Waals surface area contributed by atoms with Crippen LogP contribution in [0.15, 0.2) is 35.5 Å². The lowest BCUT2D eigenvalue weighted by atomic mass is 9.87. The van der Waals surface area contributed by atoms with E-state index in [4.69, 9.17) is 4.74 Å². The van der Waals surface area contributed by atoms with E-state index in [-0.39, 0.29) is 11.7 Å². The Bertz CT molecular complexity index is 1420. The molecule has 3 aromatic heterocycles. The topological polar surface area (TPSA) is 89.2 Å². The molecule has 2 aliphatic rings. The number of aromatic nitrogens is 5. The minimum Gasteiger partial charge on any atom is -0.493 e. The molecule has 1 aromatic carbocycles. The van der Waals surface area contributed by atoms with Crippen molar-refractivity contribution in [1.29, 1.82) is 0 Å². The maximum atomic E-state index is 13.1. The molecule has 4 aromatic rings. The van der Waals surface area contributed by atoms with Crippen molar-refractivity contribution in [3.8, 4) is 16.9 Å². The van der Waals surface area contributed by atoms with E-state index in [2.05, 4.69) is 39.4 Å². The van der Waals surface area contributed by atoms with E-state index in [9.17, 15) is 4.79 Å². The number of H-pyrrole nitrogens is 1. The van der Waals surface area contributed by atoms with Crippen molar-refractivity contribution < 1.29 is 4.74 Å². The zero-order valence-corrected chi connectivity index (χ0v) is 21.3. The Morgan fingerprint density at radius 3 is 2.67 bits per heavy atom. The fourth-order valence-electron chi connectivity index (χ4n) is 6.41. The second kappa shape index (κ2) is 9.73. The molecule has 2 N–H and O–H groups in total. The molecule has 0 unspecified atom stereocenters. The van der Waals surface area contributed by atoms with Crippen LogP contribution in [0.2, 0.25) is 0 Å². The highest BCUT2D eigenvalue weighted by atomic mass is 16.5. The minimum absolute atomic E-state index is 0.00975. The lowest BCUT2D eigenvalue weighted by Crippen LogP contribution is -2.38. The first-order valence-corrected chi connectivity index (χ1v) is 13.5. The number of pyridine rings is 1. The summed E-state index contributed by atoms with van der Waals surface area (Å²) in [4.78, 5) is 20.5. The molecule has 3 heterocycles.